The molecule has 0 unspecified atom stereocenters. The Balaban J connectivity index is 1.14. The SMILES string of the molecule is [2H]c1cc2c(oc3c([2H])c([2H])c([2H])c(-n4c5ccc([2H])c([2H])c5c5c([2H])c([2H])c([2H])c([2H])c54)c32)c([2H])c1-c1nc(-c2ccccc2)nc(-c2cccc3c2oc2cccc(-c4ccccc4)c23)n1. The molecule has 0 aliphatic heterocycles. The molecule has 266 valence electrons. The molecule has 6 nitrogen and oxygen atoms in total. The maximum Gasteiger partial charge on any atom is 0.167 e. The van der Waals surface area contributed by atoms with E-state index in [0.717, 1.165) is 21.9 Å². The van der Waals surface area contributed by atoms with E-state index in [1.807, 2.05) is 97.1 Å². The Hall–Kier alpha value is -7.83. The molecule has 0 aliphatic rings. The van der Waals surface area contributed by atoms with Gasteiger partial charge in [-0.3, -0.25) is 0 Å². The lowest BCUT2D eigenvalue weighted by Gasteiger charge is -2.10. The first kappa shape index (κ1) is 22.5. The van der Waals surface area contributed by atoms with Crippen LogP contribution in [-0.4, -0.2) is 19.5 Å². The summed E-state index contributed by atoms with van der Waals surface area (Å²) >= 11 is 0. The van der Waals surface area contributed by atoms with Gasteiger partial charge in [-0.25, -0.2) is 15.0 Å². The highest BCUT2D eigenvalue weighted by molar-refractivity contribution is 6.16. The van der Waals surface area contributed by atoms with Gasteiger partial charge in [0.1, 0.15) is 22.3 Å². The van der Waals surface area contributed by atoms with Crippen LogP contribution in [0.1, 0.15) is 15.1 Å². The third-order valence-corrected chi connectivity index (χ3v) is 10.3. The molecule has 12 aromatic rings. The van der Waals surface area contributed by atoms with E-state index < -0.39 is 42.3 Å². The van der Waals surface area contributed by atoms with Gasteiger partial charge in [0.2, 0.25) is 0 Å². The molecule has 0 radical (unpaired) electrons. The van der Waals surface area contributed by atoms with Gasteiger partial charge in [-0.05, 0) is 59.6 Å². The minimum atomic E-state index is -0.584. The zero-order valence-electron chi connectivity index (χ0n) is 40.6. The lowest BCUT2D eigenvalue weighted by Crippen LogP contribution is -2.00. The van der Waals surface area contributed by atoms with Gasteiger partial charge in [0, 0.05) is 38.1 Å². The Morgan fingerprint density at radius 2 is 1.16 bits per heavy atom. The average Bonchev–Trinajstić information content (AvgIpc) is 4.04. The van der Waals surface area contributed by atoms with Crippen molar-refractivity contribution in [2.45, 2.75) is 0 Å². The highest BCUT2D eigenvalue weighted by Gasteiger charge is 2.21. The van der Waals surface area contributed by atoms with Crippen molar-refractivity contribution in [3.8, 4) is 51.0 Å². The van der Waals surface area contributed by atoms with E-state index in [-0.39, 0.29) is 96.6 Å². The van der Waals surface area contributed by atoms with E-state index >= 15 is 0 Å². The molecule has 0 atom stereocenters. The topological polar surface area (TPSA) is 69.9 Å². The van der Waals surface area contributed by atoms with E-state index in [2.05, 4.69) is 0 Å². The van der Waals surface area contributed by atoms with Gasteiger partial charge in [0.15, 0.2) is 17.5 Å². The Labute approximate surface area is 341 Å². The summed E-state index contributed by atoms with van der Waals surface area (Å²) in [5.41, 5.74) is 3.86. The van der Waals surface area contributed by atoms with Crippen LogP contribution >= 0.6 is 0 Å². The van der Waals surface area contributed by atoms with Crippen molar-refractivity contribution in [3.05, 3.63) is 182 Å². The summed E-state index contributed by atoms with van der Waals surface area (Å²) < 4.78 is 113. The van der Waals surface area contributed by atoms with E-state index in [1.54, 1.807) is 0 Å². The number of para-hydroxylation sites is 3. The van der Waals surface area contributed by atoms with Gasteiger partial charge in [-0.1, -0.05) is 133 Å². The predicted octanol–water partition coefficient (Wildman–Crippen LogP) is 13.4. The number of aromatic nitrogens is 4. The number of fused-ring (bicyclic) bond motifs is 9. The maximum atomic E-state index is 9.72. The number of nitrogens with zero attached hydrogens (tertiary/aromatic N) is 4. The molecule has 57 heavy (non-hydrogen) atoms. The van der Waals surface area contributed by atoms with Crippen molar-refractivity contribution in [1.29, 1.82) is 0 Å². The van der Waals surface area contributed by atoms with Crippen molar-refractivity contribution in [2.75, 3.05) is 0 Å². The molecular weight excluding hydrogens is 701 g/mol. The van der Waals surface area contributed by atoms with Crippen LogP contribution in [0.4, 0.5) is 0 Å². The van der Waals surface area contributed by atoms with Crippen LogP contribution in [-0.2, 0) is 0 Å². The fraction of sp³-hybridized carbons (Fsp3) is 0. The number of hydrogen-bond acceptors (Lipinski definition) is 5. The monoisotopic (exact) mass is 741 g/mol. The minimum Gasteiger partial charge on any atom is -0.456 e. The summed E-state index contributed by atoms with van der Waals surface area (Å²) in [6, 6.07) is 30.2. The van der Waals surface area contributed by atoms with Crippen LogP contribution in [0.15, 0.2) is 191 Å². The first-order valence-corrected chi connectivity index (χ1v) is 18.1. The van der Waals surface area contributed by atoms with Gasteiger partial charge in [0.25, 0.3) is 0 Å². The van der Waals surface area contributed by atoms with Gasteiger partial charge in [0.05, 0.1) is 42.7 Å². The maximum absolute atomic E-state index is 9.72. The molecule has 0 spiro atoms. The number of furan rings is 2. The zero-order valence-corrected chi connectivity index (χ0v) is 29.6. The van der Waals surface area contributed by atoms with Gasteiger partial charge < -0.3 is 13.4 Å². The van der Waals surface area contributed by atoms with Gasteiger partial charge in [-0.2, -0.15) is 0 Å². The van der Waals surface area contributed by atoms with Gasteiger partial charge >= 0.3 is 0 Å². The fourth-order valence-electron chi connectivity index (χ4n) is 7.76. The van der Waals surface area contributed by atoms with E-state index in [4.69, 9.17) is 34.8 Å². The predicted molar refractivity (Wildman–Crippen MR) is 230 cm³/mol. The van der Waals surface area contributed by atoms with Crippen LogP contribution in [0.2, 0.25) is 0 Å². The quantitative estimate of drug-likeness (QED) is 0.176. The van der Waals surface area contributed by atoms with Crippen molar-refractivity contribution < 1.29 is 23.9 Å². The molecule has 0 N–H and O–H groups in total. The Bertz CT molecular complexity index is 4170. The van der Waals surface area contributed by atoms with Crippen LogP contribution in [0.3, 0.4) is 0 Å². The van der Waals surface area contributed by atoms with Crippen LogP contribution in [0.5, 0.6) is 0 Å². The highest BCUT2D eigenvalue weighted by Crippen LogP contribution is 2.42. The van der Waals surface area contributed by atoms with Gasteiger partial charge in [-0.15, -0.1) is 0 Å². The lowest BCUT2D eigenvalue weighted by molar-refractivity contribution is 0.668. The molecule has 0 fully saturated rings. The number of benzene rings is 8. The minimum absolute atomic E-state index is 0.0278. The normalized spacial score (nSPS) is 14.6. The van der Waals surface area contributed by atoms with E-state index in [9.17, 15) is 4.11 Å². The fourth-order valence-corrected chi connectivity index (χ4v) is 7.76. The van der Waals surface area contributed by atoms with Crippen molar-refractivity contribution >= 4 is 65.7 Å². The molecule has 0 saturated heterocycles. The van der Waals surface area contributed by atoms with E-state index in [0.29, 0.717) is 22.3 Å². The Morgan fingerprint density at radius 1 is 0.421 bits per heavy atom. The standard InChI is InChI=1S/C51H30N4O2/c1-3-14-31(15-4-1)34-20-12-26-43-46(34)38-21-11-22-39(48(38)57-43)51-53-49(32-16-5-2-6-17-32)52-50(54-51)33-28-29-37-45(30-33)56-44-27-13-25-42(47(37)44)55-40-23-9-7-18-35(40)36-19-8-10-24-41(36)55/h1-30H/i7D,8D,9D,13D,18D,19D,23D,25D,27D,28D,30D. The first-order chi connectivity index (χ1) is 32.8. The summed E-state index contributed by atoms with van der Waals surface area (Å²) in [6.07, 6.45) is 0. The average molecular weight is 742 g/mol. The second kappa shape index (κ2) is 12.3. The van der Waals surface area contributed by atoms with Crippen molar-refractivity contribution in [3.63, 3.8) is 0 Å². The molecule has 4 heterocycles. The Morgan fingerprint density at radius 3 is 2.04 bits per heavy atom. The molecule has 4 aromatic heterocycles. The second-order valence-corrected chi connectivity index (χ2v) is 13.5. The third-order valence-electron chi connectivity index (χ3n) is 10.3. The molecule has 8 aromatic carbocycles. The summed E-state index contributed by atoms with van der Waals surface area (Å²) in [5, 5.41) is 1.84. The Kier molecular flexibility index (Phi) is 4.88. The first-order valence-electron chi connectivity index (χ1n) is 23.6. The molecule has 6 heteroatoms. The zero-order chi connectivity index (χ0) is 47.0. The van der Waals surface area contributed by atoms with Crippen molar-refractivity contribution in [1.82, 2.24) is 19.5 Å². The summed E-state index contributed by atoms with van der Waals surface area (Å²) in [7, 11) is 0. The summed E-state index contributed by atoms with van der Waals surface area (Å²) in [4.78, 5) is 14.7. The van der Waals surface area contributed by atoms with Crippen LogP contribution in [0, 0.1) is 0 Å². The number of rotatable bonds is 5. The van der Waals surface area contributed by atoms with Crippen LogP contribution < -0.4 is 0 Å². The molecule has 0 saturated carbocycles. The van der Waals surface area contributed by atoms with E-state index in [1.165, 1.54) is 22.8 Å². The third kappa shape index (κ3) is 4.87. The lowest BCUT2D eigenvalue weighted by atomic mass is 9.99. The molecule has 0 aliphatic carbocycles. The molecule has 0 amide bonds. The molecule has 12 rings (SSSR count). The van der Waals surface area contributed by atoms with Crippen molar-refractivity contribution in [2.24, 2.45) is 0 Å². The van der Waals surface area contributed by atoms with Crippen LogP contribution in [0.25, 0.3) is 117 Å². The second-order valence-electron chi connectivity index (χ2n) is 13.5. The molecule has 0 bridgehead atoms. The smallest absolute Gasteiger partial charge is 0.167 e. The highest BCUT2D eigenvalue weighted by atomic mass is 16.3. The number of hydrogen-bond donors (Lipinski definition) is 0. The largest absolute Gasteiger partial charge is 0.456 e. The summed E-state index contributed by atoms with van der Waals surface area (Å²) in [5.74, 6) is 0.420. The summed E-state index contributed by atoms with van der Waals surface area (Å²) in [6.45, 7) is 0. The molecular formula is C51H30N4O2.